The number of phenolic OH excluding ortho intramolecular Hbond substituents is 1. The number of hydrogen-bond acceptors (Lipinski definition) is 4. The van der Waals surface area contributed by atoms with Gasteiger partial charge in [-0.1, -0.05) is 30.3 Å². The van der Waals surface area contributed by atoms with Gasteiger partial charge < -0.3 is 10.4 Å². The third kappa shape index (κ3) is 2.94. The lowest BCUT2D eigenvalue weighted by Crippen LogP contribution is -2.38. The highest BCUT2D eigenvalue weighted by Crippen LogP contribution is 2.25. The Morgan fingerprint density at radius 2 is 1.96 bits per heavy atom. The molecule has 26 heavy (non-hydrogen) atoms. The number of fused-ring (bicyclic) bond motifs is 1. The van der Waals surface area contributed by atoms with Gasteiger partial charge in [0.2, 0.25) is 5.91 Å². The number of hydrogen-bond donors (Lipinski definition) is 2. The summed E-state index contributed by atoms with van der Waals surface area (Å²) >= 11 is 0. The van der Waals surface area contributed by atoms with E-state index in [0.29, 0.717) is 11.3 Å². The first kappa shape index (κ1) is 16.3. The molecule has 2 N–H and O–H groups in total. The van der Waals surface area contributed by atoms with Crippen LogP contribution in [0.4, 0.5) is 0 Å². The molecule has 6 heteroatoms. The van der Waals surface area contributed by atoms with Crippen LogP contribution in [0.25, 0.3) is 22.3 Å². The van der Waals surface area contributed by atoms with Crippen LogP contribution in [0.15, 0.2) is 53.3 Å². The summed E-state index contributed by atoms with van der Waals surface area (Å²) in [7, 11) is 0. The number of nitrogens with one attached hydrogen (secondary N) is 1. The van der Waals surface area contributed by atoms with E-state index in [4.69, 9.17) is 0 Å². The minimum Gasteiger partial charge on any atom is -0.508 e. The van der Waals surface area contributed by atoms with Gasteiger partial charge in [-0.3, -0.25) is 14.2 Å². The van der Waals surface area contributed by atoms with Crippen LogP contribution in [-0.2, 0) is 4.79 Å². The van der Waals surface area contributed by atoms with Gasteiger partial charge in [0.25, 0.3) is 5.56 Å². The van der Waals surface area contributed by atoms with E-state index in [9.17, 15) is 14.7 Å². The summed E-state index contributed by atoms with van der Waals surface area (Å²) in [5.74, 6) is 0.228. The van der Waals surface area contributed by atoms with E-state index in [-0.39, 0.29) is 28.6 Å². The molecule has 6 nitrogen and oxygen atoms in total. The molecule has 4 rings (SSSR count). The quantitative estimate of drug-likeness (QED) is 0.758. The monoisotopic (exact) mass is 349 g/mol. The van der Waals surface area contributed by atoms with Gasteiger partial charge >= 0.3 is 0 Å². The Bertz CT molecular complexity index is 1040. The van der Waals surface area contributed by atoms with Crippen LogP contribution in [0.3, 0.4) is 0 Å². The second-order valence-corrected chi connectivity index (χ2v) is 6.64. The van der Waals surface area contributed by atoms with Crippen molar-refractivity contribution in [1.82, 2.24) is 14.9 Å². The molecule has 1 aliphatic carbocycles. The summed E-state index contributed by atoms with van der Waals surface area (Å²) in [4.78, 5) is 30.4. The van der Waals surface area contributed by atoms with Crippen LogP contribution < -0.4 is 10.9 Å². The first-order valence-corrected chi connectivity index (χ1v) is 8.65. The summed E-state index contributed by atoms with van der Waals surface area (Å²) in [5, 5.41) is 13.0. The van der Waals surface area contributed by atoms with Gasteiger partial charge in [0.1, 0.15) is 17.6 Å². The molecule has 1 aromatic heterocycles. The third-order valence-electron chi connectivity index (χ3n) is 4.61. The highest BCUT2D eigenvalue weighted by molar-refractivity contribution is 5.84. The SMILES string of the molecule is CC(C(=O)NC1CC1)n1c(-c2ccccc2)nc2ccc(O)cc2c1=O. The fourth-order valence-corrected chi connectivity index (χ4v) is 3.00. The van der Waals surface area contributed by atoms with E-state index in [1.807, 2.05) is 30.3 Å². The van der Waals surface area contributed by atoms with Crippen molar-refractivity contribution >= 4 is 16.8 Å². The molecule has 0 aliphatic heterocycles. The first-order chi connectivity index (χ1) is 12.5. The smallest absolute Gasteiger partial charge is 0.262 e. The minimum absolute atomic E-state index is 0.00880. The van der Waals surface area contributed by atoms with E-state index in [0.717, 1.165) is 18.4 Å². The number of aromatic nitrogens is 2. The number of aromatic hydroxyl groups is 1. The van der Waals surface area contributed by atoms with Crippen molar-refractivity contribution in [3.05, 3.63) is 58.9 Å². The number of carbonyl (C=O) groups excluding carboxylic acids is 1. The third-order valence-corrected chi connectivity index (χ3v) is 4.61. The van der Waals surface area contributed by atoms with Crippen LogP contribution in [0.1, 0.15) is 25.8 Å². The van der Waals surface area contributed by atoms with Crippen molar-refractivity contribution in [2.24, 2.45) is 0 Å². The van der Waals surface area contributed by atoms with Crippen LogP contribution in [0.5, 0.6) is 5.75 Å². The maximum absolute atomic E-state index is 13.2. The molecular formula is C20H19N3O3. The molecule has 1 amide bonds. The second-order valence-electron chi connectivity index (χ2n) is 6.64. The van der Waals surface area contributed by atoms with Crippen LogP contribution >= 0.6 is 0 Å². The Balaban J connectivity index is 1.93. The molecule has 0 spiro atoms. The zero-order valence-corrected chi connectivity index (χ0v) is 14.3. The van der Waals surface area contributed by atoms with E-state index in [1.54, 1.807) is 13.0 Å². The molecule has 1 aliphatic rings. The lowest BCUT2D eigenvalue weighted by atomic mass is 10.1. The molecule has 0 radical (unpaired) electrons. The number of carbonyl (C=O) groups is 1. The minimum atomic E-state index is -0.711. The zero-order chi connectivity index (χ0) is 18.3. The number of phenols is 1. The first-order valence-electron chi connectivity index (χ1n) is 8.65. The normalized spacial score (nSPS) is 15.0. The van der Waals surface area contributed by atoms with Gasteiger partial charge in [0.05, 0.1) is 10.9 Å². The fourth-order valence-electron chi connectivity index (χ4n) is 3.00. The van der Waals surface area contributed by atoms with E-state index >= 15 is 0 Å². The zero-order valence-electron chi connectivity index (χ0n) is 14.3. The maximum atomic E-state index is 13.2. The molecule has 0 saturated heterocycles. The molecule has 3 aromatic rings. The van der Waals surface area contributed by atoms with Gasteiger partial charge in [-0.2, -0.15) is 0 Å². The van der Waals surface area contributed by atoms with Gasteiger partial charge in [-0.15, -0.1) is 0 Å². The van der Waals surface area contributed by atoms with Gasteiger partial charge in [-0.25, -0.2) is 4.98 Å². The number of rotatable bonds is 4. The van der Waals surface area contributed by atoms with Gasteiger partial charge in [-0.05, 0) is 38.0 Å². The number of benzene rings is 2. The highest BCUT2D eigenvalue weighted by Gasteiger charge is 2.28. The second kappa shape index (κ2) is 6.29. The predicted molar refractivity (Wildman–Crippen MR) is 99.0 cm³/mol. The molecule has 0 bridgehead atoms. The Hall–Kier alpha value is -3.15. The van der Waals surface area contributed by atoms with E-state index in [1.165, 1.54) is 16.7 Å². The highest BCUT2D eigenvalue weighted by atomic mass is 16.3. The van der Waals surface area contributed by atoms with Gasteiger partial charge in [0.15, 0.2) is 0 Å². The molecule has 2 aromatic carbocycles. The molecule has 1 saturated carbocycles. The van der Waals surface area contributed by atoms with Crippen LogP contribution in [0, 0.1) is 0 Å². The largest absolute Gasteiger partial charge is 0.508 e. The van der Waals surface area contributed by atoms with Crippen LogP contribution in [-0.4, -0.2) is 26.6 Å². The lowest BCUT2D eigenvalue weighted by Gasteiger charge is -2.19. The van der Waals surface area contributed by atoms with Crippen molar-refractivity contribution in [3.63, 3.8) is 0 Å². The molecular weight excluding hydrogens is 330 g/mol. The standard InChI is InChI=1S/C20H19N3O3/c1-12(19(25)21-14-7-8-14)23-18(13-5-3-2-4-6-13)22-17-10-9-15(24)11-16(17)20(23)26/h2-6,9-12,14,24H,7-8H2,1H3,(H,21,25). The number of nitrogens with zero attached hydrogens (tertiary/aromatic N) is 2. The van der Waals surface area contributed by atoms with Crippen molar-refractivity contribution in [2.75, 3.05) is 0 Å². The molecule has 1 heterocycles. The Kier molecular flexibility index (Phi) is 3.95. The van der Waals surface area contributed by atoms with Crippen molar-refractivity contribution in [3.8, 4) is 17.1 Å². The average Bonchev–Trinajstić information content (AvgIpc) is 3.46. The van der Waals surface area contributed by atoms with Gasteiger partial charge in [0, 0.05) is 11.6 Å². The van der Waals surface area contributed by atoms with E-state index in [2.05, 4.69) is 10.3 Å². The molecule has 1 unspecified atom stereocenters. The fraction of sp³-hybridized carbons (Fsp3) is 0.250. The van der Waals surface area contributed by atoms with Crippen molar-refractivity contribution < 1.29 is 9.90 Å². The van der Waals surface area contributed by atoms with Crippen molar-refractivity contribution in [2.45, 2.75) is 31.8 Å². The molecule has 132 valence electrons. The van der Waals surface area contributed by atoms with Crippen molar-refractivity contribution in [1.29, 1.82) is 0 Å². The summed E-state index contributed by atoms with van der Waals surface area (Å²) < 4.78 is 1.41. The van der Waals surface area contributed by atoms with Crippen LogP contribution in [0.2, 0.25) is 0 Å². The Morgan fingerprint density at radius 3 is 2.65 bits per heavy atom. The summed E-state index contributed by atoms with van der Waals surface area (Å²) in [6.07, 6.45) is 1.95. The predicted octanol–water partition coefficient (Wildman–Crippen LogP) is 2.61. The topological polar surface area (TPSA) is 84.2 Å². The Morgan fingerprint density at radius 1 is 1.23 bits per heavy atom. The van der Waals surface area contributed by atoms with E-state index < -0.39 is 6.04 Å². The maximum Gasteiger partial charge on any atom is 0.262 e. The molecule has 1 fully saturated rings. The summed E-state index contributed by atoms with van der Waals surface area (Å²) in [5.41, 5.74) is 0.895. The Labute approximate surface area is 150 Å². The summed E-state index contributed by atoms with van der Waals surface area (Å²) in [6, 6.07) is 13.3. The number of amides is 1. The molecule has 1 atom stereocenters. The summed E-state index contributed by atoms with van der Waals surface area (Å²) in [6.45, 7) is 1.70. The average molecular weight is 349 g/mol. The lowest BCUT2D eigenvalue weighted by molar-refractivity contribution is -0.124.